The molecule has 154 valence electrons. The third-order valence-electron chi connectivity index (χ3n) is 6.60. The van der Waals surface area contributed by atoms with Crippen molar-refractivity contribution in [2.45, 2.75) is 46.1 Å². The summed E-state index contributed by atoms with van der Waals surface area (Å²) in [7, 11) is 0. The lowest BCUT2D eigenvalue weighted by Gasteiger charge is -2.35. The Morgan fingerprint density at radius 3 is 2.60 bits per heavy atom. The summed E-state index contributed by atoms with van der Waals surface area (Å²) in [4.78, 5) is 22.8. The highest BCUT2D eigenvalue weighted by Gasteiger charge is 2.30. The van der Waals surface area contributed by atoms with Gasteiger partial charge in [-0.1, -0.05) is 26.7 Å². The molecule has 0 amide bonds. The van der Waals surface area contributed by atoms with E-state index in [1.807, 2.05) is 16.8 Å². The van der Waals surface area contributed by atoms with Crippen molar-refractivity contribution in [3.8, 4) is 11.3 Å². The van der Waals surface area contributed by atoms with Crippen LogP contribution in [-0.4, -0.2) is 24.1 Å². The number of hydrogen-bond donors (Lipinski definition) is 0. The number of hydrogen-bond acceptors (Lipinski definition) is 4. The smallest absolute Gasteiger partial charge is 0.262 e. The first-order chi connectivity index (χ1) is 14.4. The Morgan fingerprint density at radius 1 is 1.07 bits per heavy atom. The highest BCUT2D eigenvalue weighted by atomic mass is 19.1. The van der Waals surface area contributed by atoms with Crippen molar-refractivity contribution in [2.24, 2.45) is 11.8 Å². The summed E-state index contributed by atoms with van der Waals surface area (Å²) in [5, 5.41) is 4.97. The van der Waals surface area contributed by atoms with Crippen molar-refractivity contribution in [3.63, 3.8) is 0 Å². The molecule has 3 aromatic heterocycles. The maximum Gasteiger partial charge on any atom is 0.262 e. The molecule has 0 spiro atoms. The molecule has 5 rings (SSSR count). The van der Waals surface area contributed by atoms with Gasteiger partial charge in [0, 0.05) is 17.8 Å². The molecular formula is C23H24FN5O. The Morgan fingerprint density at radius 2 is 1.83 bits per heavy atom. The van der Waals surface area contributed by atoms with E-state index in [-0.39, 0.29) is 17.4 Å². The fourth-order valence-corrected chi connectivity index (χ4v) is 4.78. The first-order valence-electron chi connectivity index (χ1n) is 10.5. The standard InChI is InChI=1S/C23H24FN5O/c1-13-5-4-6-19(14(13)2)28-12-11-18-20(22(28)30)21(16-7-9-17(24)10-8-16)29-23(26-18)25-15(3)27-29/h7-14,19H,4-6H2,1-3H3/t13-,14-,19-/m0/s1. The lowest BCUT2D eigenvalue weighted by molar-refractivity contribution is 0.183. The number of pyridine rings is 1. The number of fused-ring (bicyclic) bond motifs is 2. The molecule has 1 aromatic carbocycles. The van der Waals surface area contributed by atoms with E-state index in [0.717, 1.165) is 12.8 Å². The van der Waals surface area contributed by atoms with Crippen molar-refractivity contribution < 1.29 is 4.39 Å². The lowest BCUT2D eigenvalue weighted by atomic mass is 9.78. The normalized spacial score (nSPS) is 22.1. The van der Waals surface area contributed by atoms with E-state index in [2.05, 4.69) is 28.9 Å². The van der Waals surface area contributed by atoms with Gasteiger partial charge in [-0.15, -0.1) is 5.10 Å². The monoisotopic (exact) mass is 405 g/mol. The van der Waals surface area contributed by atoms with Gasteiger partial charge in [0.2, 0.25) is 0 Å². The molecule has 1 saturated carbocycles. The molecule has 0 bridgehead atoms. The zero-order chi connectivity index (χ0) is 21.0. The lowest BCUT2D eigenvalue weighted by Crippen LogP contribution is -2.33. The van der Waals surface area contributed by atoms with Crippen LogP contribution in [-0.2, 0) is 0 Å². The summed E-state index contributed by atoms with van der Waals surface area (Å²) in [6.07, 6.45) is 5.16. The van der Waals surface area contributed by atoms with Crippen molar-refractivity contribution in [1.29, 1.82) is 0 Å². The summed E-state index contributed by atoms with van der Waals surface area (Å²) in [6, 6.07) is 8.16. The van der Waals surface area contributed by atoms with Crippen LogP contribution < -0.4 is 5.56 Å². The zero-order valence-electron chi connectivity index (χ0n) is 17.3. The summed E-state index contributed by atoms with van der Waals surface area (Å²) >= 11 is 0. The topological polar surface area (TPSA) is 65.1 Å². The minimum atomic E-state index is -0.328. The first-order valence-corrected chi connectivity index (χ1v) is 10.5. The van der Waals surface area contributed by atoms with Gasteiger partial charge in [0.15, 0.2) is 0 Å². The molecule has 1 fully saturated rings. The van der Waals surface area contributed by atoms with E-state index in [0.29, 0.717) is 45.6 Å². The summed E-state index contributed by atoms with van der Waals surface area (Å²) < 4.78 is 17.1. The Kier molecular flexibility index (Phi) is 4.41. The van der Waals surface area contributed by atoms with Gasteiger partial charge in [0.25, 0.3) is 11.3 Å². The maximum atomic E-state index is 13.8. The third-order valence-corrected chi connectivity index (χ3v) is 6.60. The highest BCUT2D eigenvalue weighted by Crippen LogP contribution is 2.37. The number of rotatable bonds is 2. The Labute approximate surface area is 173 Å². The average molecular weight is 405 g/mol. The van der Waals surface area contributed by atoms with Crippen LogP contribution in [0, 0.1) is 24.6 Å². The van der Waals surface area contributed by atoms with Crippen LogP contribution in [0.25, 0.3) is 27.9 Å². The second-order valence-corrected chi connectivity index (χ2v) is 8.46. The molecule has 1 aliphatic rings. The van der Waals surface area contributed by atoms with Crippen LogP contribution in [0.15, 0.2) is 41.3 Å². The molecule has 3 heterocycles. The van der Waals surface area contributed by atoms with Crippen LogP contribution in [0.4, 0.5) is 4.39 Å². The van der Waals surface area contributed by atoms with Gasteiger partial charge in [0.1, 0.15) is 11.6 Å². The minimum Gasteiger partial charge on any atom is -0.311 e. The van der Waals surface area contributed by atoms with Gasteiger partial charge >= 0.3 is 0 Å². The van der Waals surface area contributed by atoms with Gasteiger partial charge in [-0.3, -0.25) is 4.79 Å². The van der Waals surface area contributed by atoms with Gasteiger partial charge < -0.3 is 4.57 Å². The molecule has 1 aliphatic carbocycles. The van der Waals surface area contributed by atoms with Crippen molar-refractivity contribution in [3.05, 3.63) is 58.5 Å². The van der Waals surface area contributed by atoms with Crippen LogP contribution in [0.1, 0.15) is 45.0 Å². The average Bonchev–Trinajstić information content (AvgIpc) is 3.10. The molecule has 0 radical (unpaired) electrons. The zero-order valence-corrected chi connectivity index (χ0v) is 17.3. The first kappa shape index (κ1) is 18.9. The molecule has 0 N–H and O–H groups in total. The fraction of sp³-hybridized carbons (Fsp3) is 0.391. The minimum absolute atomic E-state index is 0.0830. The van der Waals surface area contributed by atoms with Crippen LogP contribution in [0.2, 0.25) is 0 Å². The second-order valence-electron chi connectivity index (χ2n) is 8.46. The number of benzene rings is 1. The maximum absolute atomic E-state index is 13.8. The molecule has 30 heavy (non-hydrogen) atoms. The quantitative estimate of drug-likeness (QED) is 0.491. The number of aromatic nitrogens is 5. The fourth-order valence-electron chi connectivity index (χ4n) is 4.78. The van der Waals surface area contributed by atoms with Crippen LogP contribution in [0.5, 0.6) is 0 Å². The van der Waals surface area contributed by atoms with Crippen LogP contribution >= 0.6 is 0 Å². The Bertz CT molecular complexity index is 1310. The van der Waals surface area contributed by atoms with Crippen molar-refractivity contribution >= 4 is 16.7 Å². The predicted octanol–water partition coefficient (Wildman–Crippen LogP) is 4.55. The van der Waals surface area contributed by atoms with Crippen molar-refractivity contribution in [1.82, 2.24) is 24.1 Å². The summed E-state index contributed by atoms with van der Waals surface area (Å²) in [5.41, 5.74) is 1.80. The summed E-state index contributed by atoms with van der Waals surface area (Å²) in [6.45, 7) is 6.28. The Balaban J connectivity index is 1.83. The molecule has 0 aliphatic heterocycles. The van der Waals surface area contributed by atoms with Crippen molar-refractivity contribution in [2.75, 3.05) is 0 Å². The second kappa shape index (κ2) is 7.00. The van der Waals surface area contributed by atoms with E-state index >= 15 is 0 Å². The molecule has 0 saturated heterocycles. The van der Waals surface area contributed by atoms with E-state index in [4.69, 9.17) is 0 Å². The molecule has 0 unspecified atom stereocenters. The third kappa shape index (κ3) is 2.91. The highest BCUT2D eigenvalue weighted by molar-refractivity contribution is 5.93. The van der Waals surface area contributed by atoms with Gasteiger partial charge in [-0.2, -0.15) is 9.50 Å². The Hall–Kier alpha value is -3.09. The van der Waals surface area contributed by atoms with Gasteiger partial charge in [0.05, 0.1) is 16.6 Å². The molecule has 6 nitrogen and oxygen atoms in total. The van der Waals surface area contributed by atoms with E-state index in [1.54, 1.807) is 23.6 Å². The number of halogens is 1. The van der Waals surface area contributed by atoms with E-state index < -0.39 is 0 Å². The van der Waals surface area contributed by atoms with Crippen LogP contribution in [0.3, 0.4) is 0 Å². The largest absolute Gasteiger partial charge is 0.311 e. The molecule has 3 atom stereocenters. The number of aryl methyl sites for hydroxylation is 1. The predicted molar refractivity (Wildman–Crippen MR) is 114 cm³/mol. The van der Waals surface area contributed by atoms with E-state index in [1.165, 1.54) is 18.6 Å². The number of nitrogens with zero attached hydrogens (tertiary/aromatic N) is 5. The summed E-state index contributed by atoms with van der Waals surface area (Å²) in [5.74, 6) is 1.65. The SMILES string of the molecule is Cc1nc2nc3ccn([C@H]4CCC[C@H](C)[C@@H]4C)c(=O)c3c(-c3ccc(F)cc3)n2n1. The molecule has 7 heteroatoms. The van der Waals surface area contributed by atoms with E-state index in [9.17, 15) is 9.18 Å². The molecule has 4 aromatic rings. The molecular weight excluding hydrogens is 381 g/mol. The van der Waals surface area contributed by atoms with Gasteiger partial charge in [-0.05, 0) is 55.5 Å². The van der Waals surface area contributed by atoms with Gasteiger partial charge in [-0.25, -0.2) is 9.37 Å².